The predicted molar refractivity (Wildman–Crippen MR) is 69.1 cm³/mol. The standard InChI is InChI=1S/C12H10BrNOS/c1-15-10-6-2-3-7-11(10)16-12-9(13)5-4-8-14-12/h2-8H,1H3. The quantitative estimate of drug-likeness (QED) is 0.854. The Morgan fingerprint density at radius 3 is 2.75 bits per heavy atom. The maximum atomic E-state index is 5.29. The fourth-order valence-electron chi connectivity index (χ4n) is 1.25. The van der Waals surface area contributed by atoms with Gasteiger partial charge in [-0.3, -0.25) is 0 Å². The van der Waals surface area contributed by atoms with Crippen LogP contribution in [0.15, 0.2) is 57.0 Å². The first kappa shape index (κ1) is 11.5. The minimum absolute atomic E-state index is 0.866. The third kappa shape index (κ3) is 2.57. The Morgan fingerprint density at radius 1 is 1.19 bits per heavy atom. The monoisotopic (exact) mass is 295 g/mol. The first-order valence-corrected chi connectivity index (χ1v) is 6.33. The lowest BCUT2D eigenvalue weighted by atomic mass is 10.3. The zero-order chi connectivity index (χ0) is 11.4. The average Bonchev–Trinajstić information content (AvgIpc) is 2.33. The minimum atomic E-state index is 0.866. The molecule has 0 aliphatic heterocycles. The van der Waals surface area contributed by atoms with Crippen molar-refractivity contribution in [1.29, 1.82) is 0 Å². The number of methoxy groups -OCH3 is 1. The van der Waals surface area contributed by atoms with Gasteiger partial charge in [-0.25, -0.2) is 4.98 Å². The van der Waals surface area contributed by atoms with E-state index < -0.39 is 0 Å². The molecule has 0 saturated carbocycles. The Labute approximate surface area is 107 Å². The van der Waals surface area contributed by atoms with Crippen LogP contribution in [0.25, 0.3) is 0 Å². The van der Waals surface area contributed by atoms with Crippen molar-refractivity contribution in [3.05, 3.63) is 47.1 Å². The summed E-state index contributed by atoms with van der Waals surface area (Å²) in [7, 11) is 1.67. The van der Waals surface area contributed by atoms with Gasteiger partial charge in [-0.15, -0.1) is 0 Å². The van der Waals surface area contributed by atoms with Crippen molar-refractivity contribution in [3.63, 3.8) is 0 Å². The molecule has 0 amide bonds. The van der Waals surface area contributed by atoms with Crippen LogP contribution in [0.4, 0.5) is 0 Å². The minimum Gasteiger partial charge on any atom is -0.496 e. The fourth-order valence-corrected chi connectivity index (χ4v) is 2.64. The van der Waals surface area contributed by atoms with Gasteiger partial charge < -0.3 is 4.74 Å². The molecular weight excluding hydrogens is 286 g/mol. The van der Waals surface area contributed by atoms with E-state index in [-0.39, 0.29) is 0 Å². The van der Waals surface area contributed by atoms with Gasteiger partial charge in [0.15, 0.2) is 0 Å². The highest BCUT2D eigenvalue weighted by atomic mass is 79.9. The summed E-state index contributed by atoms with van der Waals surface area (Å²) >= 11 is 5.06. The first-order valence-electron chi connectivity index (χ1n) is 4.72. The van der Waals surface area contributed by atoms with E-state index in [0.717, 1.165) is 20.1 Å². The third-order valence-corrected chi connectivity index (χ3v) is 3.98. The molecule has 82 valence electrons. The summed E-state index contributed by atoms with van der Waals surface area (Å²) < 4.78 is 6.29. The molecule has 0 aliphatic rings. The van der Waals surface area contributed by atoms with Crippen LogP contribution in [0.1, 0.15) is 0 Å². The number of rotatable bonds is 3. The molecule has 4 heteroatoms. The molecule has 0 unspecified atom stereocenters. The van der Waals surface area contributed by atoms with Crippen LogP contribution >= 0.6 is 27.7 Å². The lowest BCUT2D eigenvalue weighted by Crippen LogP contribution is -1.86. The van der Waals surface area contributed by atoms with Crippen LogP contribution in [-0.4, -0.2) is 12.1 Å². The van der Waals surface area contributed by atoms with Gasteiger partial charge in [0.2, 0.25) is 0 Å². The average molecular weight is 296 g/mol. The molecule has 0 spiro atoms. The van der Waals surface area contributed by atoms with Crippen molar-refractivity contribution >= 4 is 27.7 Å². The van der Waals surface area contributed by atoms with E-state index in [1.54, 1.807) is 25.1 Å². The second-order valence-corrected chi connectivity index (χ2v) is 4.93. The molecule has 0 N–H and O–H groups in total. The molecule has 2 aromatic rings. The highest BCUT2D eigenvalue weighted by Crippen LogP contribution is 2.36. The molecule has 0 aliphatic carbocycles. The zero-order valence-corrected chi connectivity index (χ0v) is 11.1. The molecule has 0 saturated heterocycles. The lowest BCUT2D eigenvalue weighted by molar-refractivity contribution is 0.405. The second-order valence-electron chi connectivity index (χ2n) is 3.04. The summed E-state index contributed by atoms with van der Waals surface area (Å²) in [5, 5.41) is 0.937. The molecule has 0 atom stereocenters. The summed E-state index contributed by atoms with van der Waals surface area (Å²) in [4.78, 5) is 5.37. The molecule has 16 heavy (non-hydrogen) atoms. The Balaban J connectivity index is 2.30. The maximum Gasteiger partial charge on any atom is 0.132 e. The van der Waals surface area contributed by atoms with E-state index in [0.29, 0.717) is 0 Å². The Morgan fingerprint density at radius 2 is 2.00 bits per heavy atom. The number of benzene rings is 1. The van der Waals surface area contributed by atoms with Crippen molar-refractivity contribution in [2.24, 2.45) is 0 Å². The van der Waals surface area contributed by atoms with E-state index in [1.807, 2.05) is 36.4 Å². The van der Waals surface area contributed by atoms with Gasteiger partial charge in [-0.1, -0.05) is 23.9 Å². The van der Waals surface area contributed by atoms with Gasteiger partial charge in [-0.2, -0.15) is 0 Å². The van der Waals surface area contributed by atoms with Gasteiger partial charge >= 0.3 is 0 Å². The highest BCUT2D eigenvalue weighted by Gasteiger charge is 2.07. The molecule has 2 nitrogen and oxygen atoms in total. The summed E-state index contributed by atoms with van der Waals surface area (Å²) in [6.45, 7) is 0. The summed E-state index contributed by atoms with van der Waals surface area (Å²) in [5.74, 6) is 0.866. The van der Waals surface area contributed by atoms with Gasteiger partial charge in [0.1, 0.15) is 10.8 Å². The van der Waals surface area contributed by atoms with Crippen LogP contribution < -0.4 is 4.74 Å². The van der Waals surface area contributed by atoms with Crippen molar-refractivity contribution in [2.45, 2.75) is 9.92 Å². The zero-order valence-electron chi connectivity index (χ0n) is 8.68. The smallest absolute Gasteiger partial charge is 0.132 e. The molecule has 0 fully saturated rings. The van der Waals surface area contributed by atoms with Crippen LogP contribution in [0.3, 0.4) is 0 Å². The molecule has 1 aromatic carbocycles. The third-order valence-electron chi connectivity index (χ3n) is 2.00. The summed E-state index contributed by atoms with van der Waals surface area (Å²) in [5.41, 5.74) is 0. The normalized spacial score (nSPS) is 10.1. The predicted octanol–water partition coefficient (Wildman–Crippen LogP) is 4.00. The Hall–Kier alpha value is -1.00. The second kappa shape index (κ2) is 5.37. The number of aromatic nitrogens is 1. The number of pyridine rings is 1. The van der Waals surface area contributed by atoms with E-state index in [4.69, 9.17) is 4.74 Å². The number of nitrogens with zero attached hydrogens (tertiary/aromatic N) is 1. The van der Waals surface area contributed by atoms with E-state index >= 15 is 0 Å². The number of para-hydroxylation sites is 1. The van der Waals surface area contributed by atoms with Crippen molar-refractivity contribution in [1.82, 2.24) is 4.98 Å². The number of halogens is 1. The summed E-state index contributed by atoms with van der Waals surface area (Å²) in [6.07, 6.45) is 1.78. The van der Waals surface area contributed by atoms with Crippen molar-refractivity contribution in [2.75, 3.05) is 7.11 Å². The topological polar surface area (TPSA) is 22.1 Å². The SMILES string of the molecule is COc1ccccc1Sc1ncccc1Br. The molecule has 2 rings (SSSR count). The molecular formula is C12H10BrNOS. The first-order chi connectivity index (χ1) is 7.81. The summed E-state index contributed by atoms with van der Waals surface area (Å²) in [6, 6.07) is 11.8. The van der Waals surface area contributed by atoms with Crippen LogP contribution in [0.2, 0.25) is 0 Å². The van der Waals surface area contributed by atoms with E-state index in [9.17, 15) is 0 Å². The molecule has 1 aromatic heterocycles. The maximum absolute atomic E-state index is 5.29. The molecule has 1 heterocycles. The van der Waals surface area contributed by atoms with Crippen molar-refractivity contribution in [3.8, 4) is 5.75 Å². The lowest BCUT2D eigenvalue weighted by Gasteiger charge is -2.07. The van der Waals surface area contributed by atoms with Gasteiger partial charge in [0, 0.05) is 6.20 Å². The largest absolute Gasteiger partial charge is 0.496 e. The van der Waals surface area contributed by atoms with Crippen LogP contribution in [0, 0.1) is 0 Å². The Kier molecular flexibility index (Phi) is 3.85. The fraction of sp³-hybridized carbons (Fsp3) is 0.0833. The molecule has 0 radical (unpaired) electrons. The van der Waals surface area contributed by atoms with E-state index in [1.165, 1.54) is 0 Å². The van der Waals surface area contributed by atoms with Crippen LogP contribution in [-0.2, 0) is 0 Å². The van der Waals surface area contributed by atoms with Gasteiger partial charge in [-0.05, 0) is 40.2 Å². The number of ether oxygens (including phenoxy) is 1. The van der Waals surface area contributed by atoms with Gasteiger partial charge in [0.05, 0.1) is 16.5 Å². The molecule has 0 bridgehead atoms. The van der Waals surface area contributed by atoms with Gasteiger partial charge in [0.25, 0.3) is 0 Å². The highest BCUT2D eigenvalue weighted by molar-refractivity contribution is 9.10. The Bertz CT molecular complexity index is 490. The number of hydrogen-bond donors (Lipinski definition) is 0. The van der Waals surface area contributed by atoms with Crippen LogP contribution in [0.5, 0.6) is 5.75 Å². The van der Waals surface area contributed by atoms with Crippen molar-refractivity contribution < 1.29 is 4.74 Å². The number of hydrogen-bond acceptors (Lipinski definition) is 3. The van der Waals surface area contributed by atoms with E-state index in [2.05, 4.69) is 20.9 Å².